The van der Waals surface area contributed by atoms with Gasteiger partial charge in [-0.05, 0) is 25.8 Å². The smallest absolute Gasteiger partial charge is 0.274 e. The average molecular weight is 351 g/mol. The number of H-pyrrole nitrogens is 1. The summed E-state index contributed by atoms with van der Waals surface area (Å²) in [5, 5.41) is 7.58. The second kappa shape index (κ2) is 6.40. The van der Waals surface area contributed by atoms with Crippen LogP contribution in [0.3, 0.4) is 0 Å². The van der Waals surface area contributed by atoms with Gasteiger partial charge in [0, 0.05) is 37.6 Å². The van der Waals surface area contributed by atoms with Crippen LogP contribution >= 0.6 is 0 Å². The molecule has 134 valence electrons. The lowest BCUT2D eigenvalue weighted by atomic mass is 9.96. The highest BCUT2D eigenvalue weighted by molar-refractivity contribution is 6.04. The lowest BCUT2D eigenvalue weighted by Gasteiger charge is -2.32. The maximum absolute atomic E-state index is 13.1. The number of aromatic nitrogens is 4. The third-order valence-electron chi connectivity index (χ3n) is 5.01. The Kier molecular flexibility index (Phi) is 4.06. The number of nitrogens with zero attached hydrogens (tertiary/aromatic N) is 4. The summed E-state index contributed by atoms with van der Waals surface area (Å²) in [5.74, 6) is 1.08. The van der Waals surface area contributed by atoms with Crippen molar-refractivity contribution < 1.29 is 4.79 Å². The Morgan fingerprint density at radius 1 is 1.27 bits per heavy atom. The number of hydrogen-bond acceptors (Lipinski definition) is 4. The topological polar surface area (TPSA) is 83.9 Å². The lowest BCUT2D eigenvalue weighted by molar-refractivity contribution is 0.0698. The van der Waals surface area contributed by atoms with E-state index >= 15 is 0 Å². The first-order valence-electron chi connectivity index (χ1n) is 8.81. The van der Waals surface area contributed by atoms with E-state index in [1.54, 1.807) is 18.2 Å². The largest absolute Gasteiger partial charge is 0.337 e. The van der Waals surface area contributed by atoms with Crippen LogP contribution in [0.1, 0.15) is 40.8 Å². The van der Waals surface area contributed by atoms with E-state index in [-0.39, 0.29) is 17.4 Å². The molecule has 1 saturated heterocycles. The SMILES string of the molecule is Cc1cn(C)c(C2CCCN(C(=O)c3n[nH]c(=O)c4ccccc34)C2)n1. The van der Waals surface area contributed by atoms with Crippen LogP contribution < -0.4 is 5.56 Å². The van der Waals surface area contributed by atoms with Crippen molar-refractivity contribution in [2.24, 2.45) is 7.05 Å². The summed E-state index contributed by atoms with van der Waals surface area (Å²) in [6.45, 7) is 3.28. The molecule has 1 fully saturated rings. The minimum Gasteiger partial charge on any atom is -0.337 e. The molecule has 3 aromatic rings. The molecular formula is C19H21N5O2. The van der Waals surface area contributed by atoms with Crippen molar-refractivity contribution in [3.8, 4) is 0 Å². The Hall–Kier alpha value is -2.96. The Morgan fingerprint density at radius 3 is 2.77 bits per heavy atom. The molecule has 0 bridgehead atoms. The fourth-order valence-electron chi connectivity index (χ4n) is 3.81. The standard InChI is InChI=1S/C19H21N5O2/c1-12-10-23(2)17(20-12)13-6-5-9-24(11-13)19(26)16-14-7-3-4-8-15(14)18(25)22-21-16/h3-4,7-8,10,13H,5-6,9,11H2,1-2H3,(H,22,25). The number of benzene rings is 1. The van der Waals surface area contributed by atoms with E-state index in [0.29, 0.717) is 29.6 Å². The molecule has 1 N–H and O–H groups in total. The summed E-state index contributed by atoms with van der Waals surface area (Å²) >= 11 is 0. The highest BCUT2D eigenvalue weighted by atomic mass is 16.2. The van der Waals surface area contributed by atoms with Crippen molar-refractivity contribution in [1.29, 1.82) is 0 Å². The number of aromatic amines is 1. The van der Waals surface area contributed by atoms with Crippen LogP contribution in [0.25, 0.3) is 10.8 Å². The van der Waals surface area contributed by atoms with E-state index in [4.69, 9.17) is 0 Å². The highest BCUT2D eigenvalue weighted by Gasteiger charge is 2.29. The number of nitrogens with one attached hydrogen (secondary N) is 1. The number of carbonyl (C=O) groups excluding carboxylic acids is 1. The van der Waals surface area contributed by atoms with Crippen molar-refractivity contribution in [2.45, 2.75) is 25.7 Å². The number of piperidine rings is 1. The molecule has 26 heavy (non-hydrogen) atoms. The summed E-state index contributed by atoms with van der Waals surface area (Å²) in [5.41, 5.74) is 1.01. The molecule has 7 nitrogen and oxygen atoms in total. The van der Waals surface area contributed by atoms with Crippen molar-refractivity contribution in [3.05, 3.63) is 58.0 Å². The molecule has 1 aliphatic rings. The Bertz CT molecular complexity index is 1040. The molecule has 1 amide bonds. The van der Waals surface area contributed by atoms with Crippen LogP contribution in [0.5, 0.6) is 0 Å². The van der Waals surface area contributed by atoms with Gasteiger partial charge in [0.05, 0.1) is 11.1 Å². The number of imidazole rings is 1. The number of likely N-dealkylation sites (tertiary alicyclic amines) is 1. The van der Waals surface area contributed by atoms with Gasteiger partial charge < -0.3 is 9.47 Å². The van der Waals surface area contributed by atoms with Crippen molar-refractivity contribution in [1.82, 2.24) is 24.6 Å². The Morgan fingerprint density at radius 2 is 2.04 bits per heavy atom. The minimum atomic E-state index is -0.280. The molecule has 0 saturated carbocycles. The number of amides is 1. The molecule has 0 aliphatic carbocycles. The van der Waals surface area contributed by atoms with Crippen LogP contribution in [0.15, 0.2) is 35.3 Å². The van der Waals surface area contributed by atoms with E-state index in [1.165, 1.54) is 0 Å². The highest BCUT2D eigenvalue weighted by Crippen LogP contribution is 2.27. The summed E-state index contributed by atoms with van der Waals surface area (Å²) in [6.07, 6.45) is 3.94. The van der Waals surface area contributed by atoms with E-state index < -0.39 is 0 Å². The van der Waals surface area contributed by atoms with Gasteiger partial charge in [0.25, 0.3) is 11.5 Å². The first-order chi connectivity index (χ1) is 12.5. The normalized spacial score (nSPS) is 17.6. The van der Waals surface area contributed by atoms with Crippen LogP contribution in [0, 0.1) is 6.92 Å². The fraction of sp³-hybridized carbons (Fsp3) is 0.368. The van der Waals surface area contributed by atoms with Gasteiger partial charge in [-0.25, -0.2) is 10.1 Å². The Balaban J connectivity index is 1.66. The summed E-state index contributed by atoms with van der Waals surface area (Å²) in [6, 6.07) is 7.08. The zero-order valence-electron chi connectivity index (χ0n) is 14.9. The molecular weight excluding hydrogens is 330 g/mol. The van der Waals surface area contributed by atoms with Gasteiger partial charge in [0.1, 0.15) is 5.82 Å². The molecule has 4 rings (SSSR count). The number of fused-ring (bicyclic) bond motifs is 1. The molecule has 0 spiro atoms. The van der Waals surface area contributed by atoms with Crippen LogP contribution in [0.4, 0.5) is 0 Å². The number of hydrogen-bond donors (Lipinski definition) is 1. The molecule has 1 atom stereocenters. The van der Waals surface area contributed by atoms with Gasteiger partial charge in [-0.15, -0.1) is 0 Å². The molecule has 1 aromatic carbocycles. The summed E-state index contributed by atoms with van der Waals surface area (Å²) in [7, 11) is 1.99. The minimum absolute atomic E-state index is 0.145. The van der Waals surface area contributed by atoms with Crippen LogP contribution in [-0.4, -0.2) is 43.6 Å². The summed E-state index contributed by atoms with van der Waals surface area (Å²) in [4.78, 5) is 31.5. The molecule has 1 unspecified atom stereocenters. The van der Waals surface area contributed by atoms with E-state index in [1.807, 2.05) is 35.7 Å². The van der Waals surface area contributed by atoms with E-state index in [9.17, 15) is 9.59 Å². The van der Waals surface area contributed by atoms with Crippen molar-refractivity contribution in [2.75, 3.05) is 13.1 Å². The van der Waals surface area contributed by atoms with Crippen LogP contribution in [0.2, 0.25) is 0 Å². The van der Waals surface area contributed by atoms with Crippen LogP contribution in [-0.2, 0) is 7.05 Å². The number of carbonyl (C=O) groups is 1. The van der Waals surface area contributed by atoms with E-state index in [2.05, 4.69) is 15.2 Å². The van der Waals surface area contributed by atoms with Gasteiger partial charge in [-0.3, -0.25) is 9.59 Å². The first kappa shape index (κ1) is 16.5. The van der Waals surface area contributed by atoms with E-state index in [0.717, 1.165) is 24.4 Å². The maximum atomic E-state index is 13.1. The molecule has 2 aromatic heterocycles. The van der Waals surface area contributed by atoms with Gasteiger partial charge in [-0.1, -0.05) is 18.2 Å². The third-order valence-corrected chi connectivity index (χ3v) is 5.01. The van der Waals surface area contributed by atoms with Crippen molar-refractivity contribution >= 4 is 16.7 Å². The van der Waals surface area contributed by atoms with Gasteiger partial charge in [0.2, 0.25) is 0 Å². The second-order valence-electron chi connectivity index (χ2n) is 6.89. The Labute approximate surface area is 150 Å². The molecule has 1 aliphatic heterocycles. The monoisotopic (exact) mass is 351 g/mol. The quantitative estimate of drug-likeness (QED) is 0.765. The lowest BCUT2D eigenvalue weighted by Crippen LogP contribution is -2.40. The third kappa shape index (κ3) is 2.79. The number of aryl methyl sites for hydroxylation is 2. The second-order valence-corrected chi connectivity index (χ2v) is 6.89. The summed E-state index contributed by atoms with van der Waals surface area (Å²) < 4.78 is 2.04. The first-order valence-corrected chi connectivity index (χ1v) is 8.81. The number of rotatable bonds is 2. The zero-order valence-corrected chi connectivity index (χ0v) is 14.9. The molecule has 7 heteroatoms. The predicted octanol–water partition coefficient (Wildman–Crippen LogP) is 1.98. The molecule has 3 heterocycles. The zero-order chi connectivity index (χ0) is 18.3. The predicted molar refractivity (Wildman–Crippen MR) is 98.2 cm³/mol. The van der Waals surface area contributed by atoms with Gasteiger partial charge in [0.15, 0.2) is 5.69 Å². The maximum Gasteiger partial charge on any atom is 0.274 e. The average Bonchev–Trinajstić information content (AvgIpc) is 3.00. The van der Waals surface area contributed by atoms with Gasteiger partial charge >= 0.3 is 0 Å². The molecule has 0 radical (unpaired) electrons. The fourth-order valence-corrected chi connectivity index (χ4v) is 3.81. The van der Waals surface area contributed by atoms with Gasteiger partial charge in [-0.2, -0.15) is 5.10 Å². The van der Waals surface area contributed by atoms with Crippen molar-refractivity contribution in [3.63, 3.8) is 0 Å².